The van der Waals surface area contributed by atoms with Crippen LogP contribution in [-0.2, 0) is 29.0 Å². The van der Waals surface area contributed by atoms with E-state index in [1.807, 2.05) is 0 Å². The van der Waals surface area contributed by atoms with E-state index in [0.717, 1.165) is 40.6 Å². The van der Waals surface area contributed by atoms with Crippen LogP contribution >= 0.6 is 0 Å². The van der Waals surface area contributed by atoms with Gasteiger partial charge in [-0.05, 0) is 24.3 Å². The van der Waals surface area contributed by atoms with Crippen LogP contribution in [0.5, 0.6) is 0 Å². The lowest BCUT2D eigenvalue weighted by Crippen LogP contribution is -2.16. The summed E-state index contributed by atoms with van der Waals surface area (Å²) in [7, 11) is 4.43. The molecule has 0 amide bonds. The quantitative estimate of drug-likeness (QED) is 0.233. The topological polar surface area (TPSA) is 141 Å². The molecule has 0 fully saturated rings. The molecule has 0 aromatic heterocycles. The molecular weight excluding hydrogens is 464 g/mol. The minimum Gasteiger partial charge on any atom is -0.465 e. The largest absolute Gasteiger partial charge is 0.465 e. The number of rotatable bonds is 8. The Morgan fingerprint density at radius 1 is 0.571 bits per heavy atom. The fraction of sp³-hybridized carbons (Fsp3) is 0.292. The number of methoxy groups -OCH3 is 2. The first-order valence-electron chi connectivity index (χ1n) is 10.2. The monoisotopic (exact) mass is 490 g/mol. The average molecular weight is 490 g/mol. The van der Waals surface area contributed by atoms with Gasteiger partial charge in [-0.2, -0.15) is 9.78 Å². The molecule has 0 unspecified atom stereocenters. The second kappa shape index (κ2) is 14.2. The predicted molar refractivity (Wildman–Crippen MR) is 120 cm³/mol. The molecule has 0 aliphatic carbocycles. The van der Waals surface area contributed by atoms with Gasteiger partial charge in [0.1, 0.15) is 0 Å². The van der Waals surface area contributed by atoms with Gasteiger partial charge >= 0.3 is 23.9 Å². The Bertz CT molecular complexity index is 1010. The van der Waals surface area contributed by atoms with E-state index < -0.39 is 29.7 Å². The number of benzene rings is 2. The van der Waals surface area contributed by atoms with Gasteiger partial charge in [0.2, 0.25) is 0 Å². The molecule has 2 aromatic carbocycles. The summed E-state index contributed by atoms with van der Waals surface area (Å²) in [5, 5.41) is 0. The van der Waals surface area contributed by atoms with Gasteiger partial charge in [0.25, 0.3) is 0 Å². The molecule has 2 rings (SSSR count). The molecule has 2 aromatic rings. The first kappa shape index (κ1) is 28.9. The maximum absolute atomic E-state index is 13.0. The first-order chi connectivity index (χ1) is 16.7. The first-order valence-corrected chi connectivity index (χ1v) is 10.2. The summed E-state index contributed by atoms with van der Waals surface area (Å²) in [4.78, 5) is 78.8. The summed E-state index contributed by atoms with van der Waals surface area (Å²) in [5.41, 5.74) is -0.937. The van der Waals surface area contributed by atoms with Crippen molar-refractivity contribution in [2.75, 3.05) is 28.4 Å². The van der Waals surface area contributed by atoms with Crippen molar-refractivity contribution in [3.05, 3.63) is 69.8 Å². The van der Waals surface area contributed by atoms with E-state index >= 15 is 0 Å². The highest BCUT2D eigenvalue weighted by atomic mass is 17.2. The Balaban J connectivity index is 0.00000194. The van der Waals surface area contributed by atoms with Crippen molar-refractivity contribution in [3.8, 4) is 0 Å². The summed E-state index contributed by atoms with van der Waals surface area (Å²) < 4.78 is 9.24. The standard InChI is InChI=1S/C21H18O11.C3H8/c1-27-18(23)13-7-5-11(9-15(13)20(25)31-29-3)17(22)12-6-8-14(19(24)28-2)16(10-12)21(26)32-30-4;1-3-2/h5-10H,1-4H3;3H2,1-2H3. The maximum Gasteiger partial charge on any atom is 0.373 e. The molecule has 35 heavy (non-hydrogen) atoms. The van der Waals surface area contributed by atoms with E-state index in [9.17, 15) is 24.0 Å². The molecule has 0 atom stereocenters. The van der Waals surface area contributed by atoms with Crippen molar-refractivity contribution in [1.82, 2.24) is 0 Å². The van der Waals surface area contributed by atoms with Gasteiger partial charge in [-0.1, -0.05) is 32.4 Å². The van der Waals surface area contributed by atoms with Crippen molar-refractivity contribution >= 4 is 29.7 Å². The third-order valence-corrected chi connectivity index (χ3v) is 4.13. The van der Waals surface area contributed by atoms with E-state index in [4.69, 9.17) is 0 Å². The zero-order chi connectivity index (χ0) is 26.5. The van der Waals surface area contributed by atoms with Crippen molar-refractivity contribution in [1.29, 1.82) is 0 Å². The molecule has 0 spiro atoms. The molecule has 0 saturated heterocycles. The normalized spacial score (nSPS) is 9.77. The van der Waals surface area contributed by atoms with E-state index in [0.29, 0.717) is 0 Å². The fourth-order valence-electron chi connectivity index (χ4n) is 2.69. The third kappa shape index (κ3) is 7.45. The lowest BCUT2D eigenvalue weighted by atomic mass is 9.95. The smallest absolute Gasteiger partial charge is 0.373 e. The van der Waals surface area contributed by atoms with Crippen LogP contribution in [0.25, 0.3) is 0 Å². The highest BCUT2D eigenvalue weighted by Gasteiger charge is 2.25. The number of hydrogen-bond donors (Lipinski definition) is 0. The number of ketones is 1. The molecule has 0 saturated carbocycles. The van der Waals surface area contributed by atoms with Gasteiger partial charge in [-0.15, -0.1) is 0 Å². The van der Waals surface area contributed by atoms with Crippen LogP contribution in [0, 0.1) is 0 Å². The van der Waals surface area contributed by atoms with E-state index in [-0.39, 0.29) is 33.4 Å². The summed E-state index contributed by atoms with van der Waals surface area (Å²) in [6.45, 7) is 4.25. The molecule has 0 N–H and O–H groups in total. The number of hydrogen-bond acceptors (Lipinski definition) is 11. The molecule has 0 aliphatic rings. The molecule has 0 radical (unpaired) electrons. The van der Waals surface area contributed by atoms with Crippen LogP contribution in [0.4, 0.5) is 0 Å². The number of ether oxygens (including phenoxy) is 2. The van der Waals surface area contributed by atoms with E-state index in [1.54, 1.807) is 0 Å². The molecular formula is C24H26O11. The van der Waals surface area contributed by atoms with Crippen LogP contribution in [0.2, 0.25) is 0 Å². The van der Waals surface area contributed by atoms with Gasteiger partial charge in [0.15, 0.2) is 5.78 Å². The summed E-state index contributed by atoms with van der Waals surface area (Å²) >= 11 is 0. The van der Waals surface area contributed by atoms with Crippen LogP contribution in [-0.4, -0.2) is 58.1 Å². The minimum absolute atomic E-state index is 0.0300. The average Bonchev–Trinajstić information content (AvgIpc) is 2.87. The number of carbonyl (C=O) groups is 5. The molecule has 11 nitrogen and oxygen atoms in total. The lowest BCUT2D eigenvalue weighted by molar-refractivity contribution is -0.216. The summed E-state index contributed by atoms with van der Waals surface area (Å²) in [6, 6.07) is 7.18. The summed E-state index contributed by atoms with van der Waals surface area (Å²) in [6.07, 6.45) is 1.25. The molecule has 188 valence electrons. The van der Waals surface area contributed by atoms with Crippen LogP contribution in [0.15, 0.2) is 36.4 Å². The van der Waals surface area contributed by atoms with Crippen LogP contribution < -0.4 is 0 Å². The Hall–Kier alpha value is -4.09. The van der Waals surface area contributed by atoms with E-state index in [2.05, 4.69) is 42.9 Å². The summed E-state index contributed by atoms with van der Waals surface area (Å²) in [5.74, 6) is -4.38. The predicted octanol–water partition coefficient (Wildman–Crippen LogP) is 3.34. The lowest BCUT2D eigenvalue weighted by Gasteiger charge is -2.11. The van der Waals surface area contributed by atoms with Gasteiger partial charge in [-0.3, -0.25) is 14.6 Å². The highest BCUT2D eigenvalue weighted by Crippen LogP contribution is 2.21. The molecule has 11 heteroatoms. The zero-order valence-electron chi connectivity index (χ0n) is 20.2. The van der Waals surface area contributed by atoms with Gasteiger partial charge in [0.05, 0.1) is 50.7 Å². The fourth-order valence-corrected chi connectivity index (χ4v) is 2.69. The van der Waals surface area contributed by atoms with Crippen LogP contribution in [0.3, 0.4) is 0 Å². The molecule has 0 aliphatic heterocycles. The number of carbonyl (C=O) groups excluding carboxylic acids is 5. The SMILES string of the molecule is CCC.COOC(=O)c1cc(C(=O)c2ccc(C(=O)OC)c(C(=O)OOC)c2)ccc1C(=O)OC. The maximum atomic E-state index is 13.0. The van der Waals surface area contributed by atoms with E-state index in [1.165, 1.54) is 30.7 Å². The van der Waals surface area contributed by atoms with Crippen molar-refractivity contribution < 1.29 is 53.0 Å². The molecule has 0 bridgehead atoms. The number of esters is 2. The van der Waals surface area contributed by atoms with Crippen molar-refractivity contribution in [2.24, 2.45) is 0 Å². The van der Waals surface area contributed by atoms with Crippen molar-refractivity contribution in [2.45, 2.75) is 20.3 Å². The minimum atomic E-state index is -1.03. The van der Waals surface area contributed by atoms with Gasteiger partial charge < -0.3 is 9.47 Å². The van der Waals surface area contributed by atoms with Crippen molar-refractivity contribution in [3.63, 3.8) is 0 Å². The Labute approximate surface area is 201 Å². The second-order valence-corrected chi connectivity index (χ2v) is 6.62. The highest BCUT2D eigenvalue weighted by molar-refractivity contribution is 6.13. The third-order valence-electron chi connectivity index (χ3n) is 4.13. The Morgan fingerprint density at radius 3 is 1.20 bits per heavy atom. The second-order valence-electron chi connectivity index (χ2n) is 6.62. The van der Waals surface area contributed by atoms with Gasteiger partial charge in [-0.25, -0.2) is 19.2 Å². The van der Waals surface area contributed by atoms with Gasteiger partial charge in [0, 0.05) is 11.1 Å². The Morgan fingerprint density at radius 2 is 0.914 bits per heavy atom. The molecule has 0 heterocycles. The zero-order valence-corrected chi connectivity index (χ0v) is 20.2. The van der Waals surface area contributed by atoms with Crippen LogP contribution in [0.1, 0.15) is 77.6 Å². The Kier molecular flexibility index (Phi) is 11.8.